The van der Waals surface area contributed by atoms with E-state index in [1.807, 2.05) is 12.1 Å². The number of hydrogen-bond donors (Lipinski definition) is 1. The van der Waals surface area contributed by atoms with Crippen LogP contribution in [0.4, 0.5) is 0 Å². The van der Waals surface area contributed by atoms with E-state index in [-0.39, 0.29) is 11.8 Å². The lowest BCUT2D eigenvalue weighted by atomic mass is 9.95. The Hall–Kier alpha value is -1.20. The zero-order valence-corrected chi connectivity index (χ0v) is 11.6. The second kappa shape index (κ2) is 3.65. The Morgan fingerprint density at radius 2 is 1.82 bits per heavy atom. The van der Waals surface area contributed by atoms with Crippen LogP contribution in [0.3, 0.4) is 0 Å². The second-order valence-corrected chi connectivity index (χ2v) is 5.38. The van der Waals surface area contributed by atoms with Gasteiger partial charge in [0.1, 0.15) is 0 Å². The SMILES string of the molecule is O=C1NC(=O)c2c(Br)c(Br)cc3cccc1c23. The molecule has 1 aliphatic rings. The van der Waals surface area contributed by atoms with Gasteiger partial charge in [-0.1, -0.05) is 12.1 Å². The fourth-order valence-electron chi connectivity index (χ4n) is 2.03. The van der Waals surface area contributed by atoms with Gasteiger partial charge in [-0.05, 0) is 49.4 Å². The lowest BCUT2D eigenvalue weighted by Gasteiger charge is -2.18. The first kappa shape index (κ1) is 10.9. The summed E-state index contributed by atoms with van der Waals surface area (Å²) in [5, 5.41) is 3.91. The molecule has 0 bridgehead atoms. The maximum atomic E-state index is 11.9. The molecule has 17 heavy (non-hydrogen) atoms. The van der Waals surface area contributed by atoms with E-state index in [1.54, 1.807) is 12.1 Å². The van der Waals surface area contributed by atoms with Crippen molar-refractivity contribution < 1.29 is 9.59 Å². The first-order chi connectivity index (χ1) is 8.09. The Morgan fingerprint density at radius 3 is 2.59 bits per heavy atom. The molecule has 0 unspecified atom stereocenters. The highest BCUT2D eigenvalue weighted by molar-refractivity contribution is 9.13. The van der Waals surface area contributed by atoms with Crippen LogP contribution < -0.4 is 5.32 Å². The molecule has 0 fully saturated rings. The van der Waals surface area contributed by atoms with Crippen LogP contribution in [0.15, 0.2) is 33.2 Å². The van der Waals surface area contributed by atoms with Crippen molar-refractivity contribution in [1.29, 1.82) is 0 Å². The van der Waals surface area contributed by atoms with Crippen molar-refractivity contribution in [3.8, 4) is 0 Å². The third kappa shape index (κ3) is 1.46. The lowest BCUT2D eigenvalue weighted by Crippen LogP contribution is -2.35. The van der Waals surface area contributed by atoms with E-state index in [0.717, 1.165) is 9.86 Å². The molecule has 2 amide bonds. The van der Waals surface area contributed by atoms with Crippen molar-refractivity contribution in [3.05, 3.63) is 44.3 Å². The molecule has 0 aliphatic carbocycles. The van der Waals surface area contributed by atoms with Gasteiger partial charge in [0.15, 0.2) is 0 Å². The summed E-state index contributed by atoms with van der Waals surface area (Å²) in [5.41, 5.74) is 1.04. The van der Waals surface area contributed by atoms with Crippen molar-refractivity contribution in [3.63, 3.8) is 0 Å². The minimum absolute atomic E-state index is 0.345. The molecule has 0 saturated carbocycles. The van der Waals surface area contributed by atoms with Crippen LogP contribution in [0.5, 0.6) is 0 Å². The Kier molecular flexibility index (Phi) is 2.34. The number of halogens is 2. The van der Waals surface area contributed by atoms with Gasteiger partial charge < -0.3 is 0 Å². The Morgan fingerprint density at radius 1 is 1.06 bits per heavy atom. The number of nitrogens with one attached hydrogen (secondary N) is 1. The molecule has 0 aromatic heterocycles. The van der Waals surface area contributed by atoms with Crippen LogP contribution >= 0.6 is 31.9 Å². The molecule has 0 spiro atoms. The number of rotatable bonds is 0. The molecule has 1 N–H and O–H groups in total. The van der Waals surface area contributed by atoms with Crippen LogP contribution in [0.1, 0.15) is 20.7 Å². The predicted molar refractivity (Wildman–Crippen MR) is 71.1 cm³/mol. The molecule has 2 aromatic rings. The molecule has 84 valence electrons. The first-order valence-electron chi connectivity index (χ1n) is 4.86. The van der Waals surface area contributed by atoms with Crippen LogP contribution in [0, 0.1) is 0 Å². The van der Waals surface area contributed by atoms with Crippen LogP contribution in [-0.2, 0) is 0 Å². The molecular weight excluding hydrogens is 350 g/mol. The summed E-state index contributed by atoms with van der Waals surface area (Å²) in [6.45, 7) is 0. The number of imide groups is 1. The van der Waals surface area contributed by atoms with Gasteiger partial charge in [0.2, 0.25) is 0 Å². The highest BCUT2D eigenvalue weighted by Gasteiger charge is 2.27. The highest BCUT2D eigenvalue weighted by Crippen LogP contribution is 2.36. The van der Waals surface area contributed by atoms with E-state index >= 15 is 0 Å². The molecule has 0 atom stereocenters. The molecule has 5 heteroatoms. The van der Waals surface area contributed by atoms with Crippen LogP contribution in [-0.4, -0.2) is 11.8 Å². The smallest absolute Gasteiger partial charge is 0.259 e. The Balaban J connectivity index is 2.60. The van der Waals surface area contributed by atoms with Gasteiger partial charge in [-0.15, -0.1) is 0 Å². The second-order valence-electron chi connectivity index (χ2n) is 3.73. The number of benzene rings is 2. The molecule has 3 rings (SSSR count). The quantitative estimate of drug-likeness (QED) is 0.738. The Labute approximate surface area is 113 Å². The zero-order valence-electron chi connectivity index (χ0n) is 8.38. The van der Waals surface area contributed by atoms with Gasteiger partial charge in [-0.25, -0.2) is 0 Å². The van der Waals surface area contributed by atoms with Crippen molar-refractivity contribution in [2.75, 3.05) is 0 Å². The monoisotopic (exact) mass is 353 g/mol. The summed E-state index contributed by atoms with van der Waals surface area (Å²) in [5.74, 6) is -0.714. The summed E-state index contributed by atoms with van der Waals surface area (Å²) in [4.78, 5) is 23.6. The predicted octanol–water partition coefficient (Wildman–Crippen LogP) is 3.25. The van der Waals surface area contributed by atoms with Gasteiger partial charge in [0, 0.05) is 19.9 Å². The van der Waals surface area contributed by atoms with Gasteiger partial charge in [-0.2, -0.15) is 0 Å². The maximum Gasteiger partial charge on any atom is 0.259 e. The summed E-state index contributed by atoms with van der Waals surface area (Å²) in [7, 11) is 0. The average molecular weight is 355 g/mol. The minimum Gasteiger partial charge on any atom is -0.288 e. The van der Waals surface area contributed by atoms with E-state index in [0.29, 0.717) is 21.0 Å². The summed E-state index contributed by atoms with van der Waals surface area (Å²) < 4.78 is 1.46. The van der Waals surface area contributed by atoms with Crippen LogP contribution in [0.25, 0.3) is 10.8 Å². The van der Waals surface area contributed by atoms with Gasteiger partial charge in [-0.3, -0.25) is 14.9 Å². The minimum atomic E-state index is -0.369. The molecule has 1 heterocycles. The van der Waals surface area contributed by atoms with Crippen molar-refractivity contribution in [2.45, 2.75) is 0 Å². The van der Waals surface area contributed by atoms with E-state index < -0.39 is 0 Å². The van der Waals surface area contributed by atoms with Gasteiger partial charge in [0.25, 0.3) is 11.8 Å². The van der Waals surface area contributed by atoms with Crippen LogP contribution in [0.2, 0.25) is 0 Å². The maximum absolute atomic E-state index is 11.9. The van der Waals surface area contributed by atoms with E-state index in [9.17, 15) is 9.59 Å². The Bertz CT molecular complexity index is 694. The van der Waals surface area contributed by atoms with Crippen molar-refractivity contribution in [1.82, 2.24) is 5.32 Å². The number of amides is 2. The third-order valence-corrected chi connectivity index (χ3v) is 4.74. The fraction of sp³-hybridized carbons (Fsp3) is 0. The standard InChI is InChI=1S/C12H5Br2NO2/c13-7-4-5-2-1-3-6-8(5)9(10(7)14)12(17)15-11(6)16/h1-4H,(H,15,16,17). The van der Waals surface area contributed by atoms with Gasteiger partial charge in [0.05, 0.1) is 5.56 Å². The normalized spacial score (nSPS) is 14.0. The summed E-state index contributed by atoms with van der Waals surface area (Å²) in [6.07, 6.45) is 0. The van der Waals surface area contributed by atoms with Crippen molar-refractivity contribution in [2.24, 2.45) is 0 Å². The third-order valence-electron chi connectivity index (χ3n) is 2.76. The average Bonchev–Trinajstić information content (AvgIpc) is 2.28. The van der Waals surface area contributed by atoms with E-state index in [1.165, 1.54) is 0 Å². The van der Waals surface area contributed by atoms with Gasteiger partial charge >= 0.3 is 0 Å². The summed E-state index contributed by atoms with van der Waals surface area (Å²) >= 11 is 6.76. The number of hydrogen-bond acceptors (Lipinski definition) is 2. The molecule has 0 saturated heterocycles. The lowest BCUT2D eigenvalue weighted by molar-refractivity contribution is 0.0844. The van der Waals surface area contributed by atoms with E-state index in [4.69, 9.17) is 0 Å². The van der Waals surface area contributed by atoms with Crippen molar-refractivity contribution >= 4 is 54.4 Å². The molecule has 3 nitrogen and oxygen atoms in total. The first-order valence-corrected chi connectivity index (χ1v) is 6.44. The fourth-order valence-corrected chi connectivity index (χ4v) is 2.97. The largest absolute Gasteiger partial charge is 0.288 e. The molecular formula is C12H5Br2NO2. The molecule has 2 aromatic carbocycles. The van der Waals surface area contributed by atoms with E-state index in [2.05, 4.69) is 37.2 Å². The zero-order chi connectivity index (χ0) is 12.2. The molecule has 0 radical (unpaired) electrons. The number of carbonyl (C=O) groups is 2. The number of carbonyl (C=O) groups excluding carboxylic acids is 2. The summed E-state index contributed by atoms with van der Waals surface area (Å²) in [6, 6.07) is 7.29. The topological polar surface area (TPSA) is 46.2 Å². The highest BCUT2D eigenvalue weighted by atomic mass is 79.9. The molecule has 1 aliphatic heterocycles.